The van der Waals surface area contributed by atoms with Crippen LogP contribution in [0.15, 0.2) is 42.5 Å². The second-order valence-corrected chi connectivity index (χ2v) is 6.40. The van der Waals surface area contributed by atoms with Gasteiger partial charge in [0.2, 0.25) is 0 Å². The van der Waals surface area contributed by atoms with E-state index in [1.807, 2.05) is 42.5 Å². The molecule has 3 rings (SSSR count). The van der Waals surface area contributed by atoms with Gasteiger partial charge in [-0.1, -0.05) is 12.1 Å². The molecule has 128 valence electrons. The van der Waals surface area contributed by atoms with E-state index >= 15 is 0 Å². The van der Waals surface area contributed by atoms with E-state index in [9.17, 15) is 9.90 Å². The molecular formula is C19H17NO4S. The van der Waals surface area contributed by atoms with Crippen LogP contribution >= 0.6 is 11.3 Å². The molecule has 0 bridgehead atoms. The Morgan fingerprint density at radius 2 is 1.84 bits per heavy atom. The maximum absolute atomic E-state index is 11.3. The van der Waals surface area contributed by atoms with Gasteiger partial charge in [0.25, 0.3) is 0 Å². The van der Waals surface area contributed by atoms with Crippen molar-refractivity contribution in [1.82, 2.24) is 4.98 Å². The molecule has 6 heteroatoms. The molecule has 5 nitrogen and oxygen atoms in total. The fourth-order valence-electron chi connectivity index (χ4n) is 2.47. The fourth-order valence-corrected chi connectivity index (χ4v) is 3.45. The van der Waals surface area contributed by atoms with E-state index in [1.54, 1.807) is 20.3 Å². The van der Waals surface area contributed by atoms with Crippen molar-refractivity contribution in [2.75, 3.05) is 14.2 Å². The standard InChI is InChI=1S/C19H17NO4S/c1-23-14-8-12(9-15(11-14)24-2)7-13(10-18(21)22)19-20-16-5-3-4-6-17(16)25-19/h3-9,11H,10H2,1-2H3,(H,21,22)/b13-7-. The highest BCUT2D eigenvalue weighted by Gasteiger charge is 2.13. The van der Waals surface area contributed by atoms with Gasteiger partial charge in [0.05, 0.1) is 30.9 Å². The Bertz CT molecular complexity index is 890. The minimum Gasteiger partial charge on any atom is -0.497 e. The molecule has 0 fully saturated rings. The van der Waals surface area contributed by atoms with Crippen LogP contribution in [0, 0.1) is 0 Å². The molecule has 0 aliphatic heterocycles. The first-order chi connectivity index (χ1) is 12.1. The normalized spacial score (nSPS) is 11.5. The predicted octanol–water partition coefficient (Wildman–Crippen LogP) is 4.33. The summed E-state index contributed by atoms with van der Waals surface area (Å²) in [5, 5.41) is 9.99. The zero-order valence-corrected chi connectivity index (χ0v) is 14.7. The minimum absolute atomic E-state index is 0.112. The lowest BCUT2D eigenvalue weighted by Gasteiger charge is -2.07. The number of hydrogen-bond donors (Lipinski definition) is 1. The van der Waals surface area contributed by atoms with Gasteiger partial charge >= 0.3 is 5.97 Å². The van der Waals surface area contributed by atoms with Gasteiger partial charge in [0.15, 0.2) is 0 Å². The first-order valence-electron chi connectivity index (χ1n) is 7.60. The van der Waals surface area contributed by atoms with Crippen LogP contribution in [0.25, 0.3) is 21.9 Å². The maximum Gasteiger partial charge on any atom is 0.307 e. The molecule has 25 heavy (non-hydrogen) atoms. The third kappa shape index (κ3) is 3.97. The van der Waals surface area contributed by atoms with Crippen molar-refractivity contribution in [2.45, 2.75) is 6.42 Å². The van der Waals surface area contributed by atoms with Gasteiger partial charge < -0.3 is 14.6 Å². The van der Waals surface area contributed by atoms with Crippen molar-refractivity contribution in [3.05, 3.63) is 53.0 Å². The highest BCUT2D eigenvalue weighted by atomic mass is 32.1. The number of nitrogens with zero attached hydrogens (tertiary/aromatic N) is 1. The fraction of sp³-hybridized carbons (Fsp3) is 0.158. The van der Waals surface area contributed by atoms with Crippen LogP contribution in [0.5, 0.6) is 11.5 Å². The third-order valence-corrected chi connectivity index (χ3v) is 4.74. The van der Waals surface area contributed by atoms with Gasteiger partial charge in [-0.3, -0.25) is 4.79 Å². The quantitative estimate of drug-likeness (QED) is 0.713. The van der Waals surface area contributed by atoms with Gasteiger partial charge in [0.1, 0.15) is 16.5 Å². The zero-order chi connectivity index (χ0) is 17.8. The summed E-state index contributed by atoms with van der Waals surface area (Å²) >= 11 is 1.48. The molecule has 1 aromatic heterocycles. The van der Waals surface area contributed by atoms with Crippen molar-refractivity contribution >= 4 is 39.2 Å². The molecular weight excluding hydrogens is 338 g/mol. The van der Waals surface area contributed by atoms with Crippen LogP contribution in [0.4, 0.5) is 0 Å². The predicted molar refractivity (Wildman–Crippen MR) is 99.3 cm³/mol. The molecule has 0 aliphatic rings. The Kier molecular flexibility index (Phi) is 5.00. The average molecular weight is 355 g/mol. The van der Waals surface area contributed by atoms with Crippen LogP contribution in [0.3, 0.4) is 0 Å². The first kappa shape index (κ1) is 17.0. The number of hydrogen-bond acceptors (Lipinski definition) is 5. The summed E-state index contributed by atoms with van der Waals surface area (Å²) in [5.74, 6) is 0.384. The molecule has 1 N–H and O–H groups in total. The smallest absolute Gasteiger partial charge is 0.307 e. The minimum atomic E-state index is -0.902. The number of ether oxygens (including phenoxy) is 2. The number of methoxy groups -OCH3 is 2. The Morgan fingerprint density at radius 1 is 1.16 bits per heavy atom. The third-order valence-electron chi connectivity index (χ3n) is 3.62. The second kappa shape index (κ2) is 7.36. The van der Waals surface area contributed by atoms with Crippen LogP contribution in [-0.2, 0) is 4.79 Å². The van der Waals surface area contributed by atoms with Crippen LogP contribution in [-0.4, -0.2) is 30.3 Å². The molecule has 0 aliphatic carbocycles. The van der Waals surface area contributed by atoms with Crippen molar-refractivity contribution in [2.24, 2.45) is 0 Å². The molecule has 0 spiro atoms. The van der Waals surface area contributed by atoms with Crippen molar-refractivity contribution < 1.29 is 19.4 Å². The van der Waals surface area contributed by atoms with Gasteiger partial charge in [-0.05, 0) is 41.5 Å². The first-order valence-corrected chi connectivity index (χ1v) is 8.42. The van der Waals surface area contributed by atoms with Gasteiger partial charge in [-0.15, -0.1) is 11.3 Å². The Balaban J connectivity index is 2.09. The van der Waals surface area contributed by atoms with Crippen molar-refractivity contribution in [3.8, 4) is 11.5 Å². The summed E-state index contributed by atoms with van der Waals surface area (Å²) in [6.07, 6.45) is 1.70. The molecule has 0 atom stereocenters. The topological polar surface area (TPSA) is 68.7 Å². The lowest BCUT2D eigenvalue weighted by Crippen LogP contribution is -1.97. The molecule has 0 saturated carbocycles. The Labute approximate surface area is 149 Å². The van der Waals surface area contributed by atoms with Gasteiger partial charge in [-0.25, -0.2) is 4.98 Å². The van der Waals surface area contributed by atoms with E-state index in [0.717, 1.165) is 15.8 Å². The number of para-hydroxylation sites is 1. The number of benzene rings is 2. The summed E-state index contributed by atoms with van der Waals surface area (Å²) in [6, 6.07) is 13.2. The van der Waals surface area contributed by atoms with Crippen LogP contribution in [0.2, 0.25) is 0 Å². The maximum atomic E-state index is 11.3. The highest BCUT2D eigenvalue weighted by Crippen LogP contribution is 2.32. The average Bonchev–Trinajstić information content (AvgIpc) is 3.04. The van der Waals surface area contributed by atoms with Crippen molar-refractivity contribution in [3.63, 3.8) is 0 Å². The summed E-state index contributed by atoms with van der Waals surface area (Å²) in [5.41, 5.74) is 2.30. The molecule has 2 aromatic carbocycles. The number of fused-ring (bicyclic) bond motifs is 1. The van der Waals surface area contributed by atoms with Gasteiger partial charge in [-0.2, -0.15) is 0 Å². The van der Waals surface area contributed by atoms with E-state index in [0.29, 0.717) is 22.1 Å². The number of carboxylic acids is 1. The highest BCUT2D eigenvalue weighted by molar-refractivity contribution is 7.19. The van der Waals surface area contributed by atoms with E-state index < -0.39 is 5.97 Å². The molecule has 0 saturated heterocycles. The lowest BCUT2D eigenvalue weighted by atomic mass is 10.1. The summed E-state index contributed by atoms with van der Waals surface area (Å²) in [4.78, 5) is 15.9. The van der Waals surface area contributed by atoms with E-state index in [4.69, 9.17) is 9.47 Å². The number of aliphatic carboxylic acids is 1. The monoisotopic (exact) mass is 355 g/mol. The van der Waals surface area contributed by atoms with Crippen molar-refractivity contribution in [1.29, 1.82) is 0 Å². The largest absolute Gasteiger partial charge is 0.497 e. The van der Waals surface area contributed by atoms with Crippen LogP contribution in [0.1, 0.15) is 17.0 Å². The van der Waals surface area contributed by atoms with Crippen LogP contribution < -0.4 is 9.47 Å². The zero-order valence-electron chi connectivity index (χ0n) is 13.9. The SMILES string of the molecule is COc1cc(/C=C(/CC(=O)O)c2nc3ccccc3s2)cc(OC)c1. The molecule has 1 heterocycles. The van der Waals surface area contributed by atoms with E-state index in [-0.39, 0.29) is 6.42 Å². The number of carboxylic acid groups (broad SMARTS) is 1. The molecule has 3 aromatic rings. The number of carbonyl (C=O) groups is 1. The summed E-state index contributed by atoms with van der Waals surface area (Å²) < 4.78 is 11.6. The molecule has 0 radical (unpaired) electrons. The lowest BCUT2D eigenvalue weighted by molar-refractivity contribution is -0.135. The Hall–Kier alpha value is -2.86. The number of thiazole rings is 1. The Morgan fingerprint density at radius 3 is 2.44 bits per heavy atom. The molecule has 0 amide bonds. The summed E-state index contributed by atoms with van der Waals surface area (Å²) in [7, 11) is 3.15. The van der Waals surface area contributed by atoms with Gasteiger partial charge in [0, 0.05) is 6.07 Å². The number of rotatable bonds is 6. The summed E-state index contributed by atoms with van der Waals surface area (Å²) in [6.45, 7) is 0. The number of aromatic nitrogens is 1. The molecule has 0 unspecified atom stereocenters. The van der Waals surface area contributed by atoms with E-state index in [2.05, 4.69) is 4.98 Å². The second-order valence-electron chi connectivity index (χ2n) is 5.37. The van der Waals surface area contributed by atoms with E-state index in [1.165, 1.54) is 11.3 Å².